The largest absolute Gasteiger partial charge is 0.490 e. The summed E-state index contributed by atoms with van der Waals surface area (Å²) in [4.78, 5) is 23.9. The van der Waals surface area contributed by atoms with Gasteiger partial charge in [-0.25, -0.2) is 18.0 Å². The van der Waals surface area contributed by atoms with Gasteiger partial charge in [0.2, 0.25) is 10.0 Å². The third kappa shape index (κ3) is 11.8. The molecule has 0 fully saturated rings. The van der Waals surface area contributed by atoms with Crippen LogP contribution in [0.5, 0.6) is 5.75 Å². The van der Waals surface area contributed by atoms with Crippen LogP contribution in [0.4, 0.5) is 35.0 Å². The molecule has 0 radical (unpaired) electrons. The van der Waals surface area contributed by atoms with Gasteiger partial charge in [0.1, 0.15) is 18.5 Å². The normalized spacial score (nSPS) is 13.0. The van der Waals surface area contributed by atoms with Crippen LogP contribution in [0, 0.1) is 0 Å². The number of hydrogen-bond donors (Lipinski definition) is 5. The fourth-order valence-corrected chi connectivity index (χ4v) is 4.31. The Labute approximate surface area is 246 Å². The third-order valence-corrected chi connectivity index (χ3v) is 6.29. The maximum absolute atomic E-state index is 12.8. The first-order chi connectivity index (χ1) is 20.3. The SMILES string of the molecule is CS(=O)(=O)Nc1ccccc1NC(=O)Nc1ccc(C[C@@H](CO)NC[C@@H](COc2ccccc2)OC(=O)C(F)(F)F)cc1. The van der Waals surface area contributed by atoms with E-state index in [4.69, 9.17) is 4.74 Å². The van der Waals surface area contributed by atoms with Crippen LogP contribution in [0.2, 0.25) is 0 Å². The van der Waals surface area contributed by atoms with Gasteiger partial charge >= 0.3 is 18.2 Å². The topological polar surface area (TPSA) is 155 Å². The van der Waals surface area contributed by atoms with E-state index in [0.717, 1.165) is 11.8 Å². The molecule has 0 aliphatic carbocycles. The van der Waals surface area contributed by atoms with Crippen molar-refractivity contribution in [1.82, 2.24) is 5.32 Å². The van der Waals surface area contributed by atoms with Crippen molar-refractivity contribution in [1.29, 1.82) is 0 Å². The van der Waals surface area contributed by atoms with Crippen molar-refractivity contribution in [2.45, 2.75) is 24.7 Å². The van der Waals surface area contributed by atoms with Gasteiger partial charge in [-0.2, -0.15) is 13.2 Å². The molecule has 2 atom stereocenters. The molecule has 0 heterocycles. The second-order valence-corrected chi connectivity index (χ2v) is 11.1. The Bertz CT molecular complexity index is 1460. The molecule has 0 aliphatic heterocycles. The highest BCUT2D eigenvalue weighted by Gasteiger charge is 2.42. The molecule has 43 heavy (non-hydrogen) atoms. The molecule has 0 spiro atoms. The van der Waals surface area contributed by atoms with E-state index in [1.165, 1.54) is 12.1 Å². The van der Waals surface area contributed by atoms with Crippen LogP contribution in [0.3, 0.4) is 0 Å². The van der Waals surface area contributed by atoms with Crippen molar-refractivity contribution in [3.8, 4) is 5.75 Å². The molecular weight excluding hydrogens is 593 g/mol. The van der Waals surface area contributed by atoms with Gasteiger partial charge < -0.3 is 30.5 Å². The van der Waals surface area contributed by atoms with Gasteiger partial charge in [0.25, 0.3) is 0 Å². The summed E-state index contributed by atoms with van der Waals surface area (Å²) < 4.78 is 73.9. The number of amides is 2. The fourth-order valence-electron chi connectivity index (χ4n) is 3.73. The number of rotatable bonds is 14. The number of halogens is 3. The molecular formula is C28H31F3N4O7S. The molecule has 0 saturated heterocycles. The molecule has 0 saturated carbocycles. The summed E-state index contributed by atoms with van der Waals surface area (Å²) in [5, 5.41) is 17.9. The molecule has 0 aliphatic rings. The van der Waals surface area contributed by atoms with Crippen molar-refractivity contribution in [2.75, 3.05) is 41.4 Å². The van der Waals surface area contributed by atoms with Crippen LogP contribution in [-0.4, -0.2) is 69.9 Å². The van der Waals surface area contributed by atoms with E-state index in [9.17, 15) is 36.3 Å². The summed E-state index contributed by atoms with van der Waals surface area (Å²) >= 11 is 0. The molecule has 15 heteroatoms. The van der Waals surface area contributed by atoms with E-state index < -0.39 is 40.3 Å². The molecule has 11 nitrogen and oxygen atoms in total. The summed E-state index contributed by atoms with van der Waals surface area (Å²) in [5.41, 5.74) is 1.58. The second-order valence-electron chi connectivity index (χ2n) is 9.34. The number of aliphatic hydroxyl groups is 1. The summed E-state index contributed by atoms with van der Waals surface area (Å²) in [6.45, 7) is -0.952. The summed E-state index contributed by atoms with van der Waals surface area (Å²) in [5.74, 6) is -1.97. The lowest BCUT2D eigenvalue weighted by atomic mass is 10.1. The third-order valence-electron chi connectivity index (χ3n) is 5.70. The van der Waals surface area contributed by atoms with E-state index >= 15 is 0 Å². The number of hydrogen-bond acceptors (Lipinski definition) is 8. The van der Waals surface area contributed by atoms with Gasteiger partial charge in [0.15, 0.2) is 0 Å². The van der Waals surface area contributed by atoms with E-state index in [0.29, 0.717) is 11.4 Å². The van der Waals surface area contributed by atoms with Gasteiger partial charge in [0, 0.05) is 18.3 Å². The summed E-state index contributed by atoms with van der Waals surface area (Å²) in [6.07, 6.45) is -5.23. The number of nitrogens with one attached hydrogen (secondary N) is 4. The molecule has 3 aromatic carbocycles. The monoisotopic (exact) mass is 624 g/mol. The smallest absolute Gasteiger partial charge is 0.490 e. The molecule has 0 bridgehead atoms. The number of carbonyl (C=O) groups excluding carboxylic acids is 2. The molecule has 0 unspecified atom stereocenters. The first-order valence-corrected chi connectivity index (χ1v) is 14.7. The van der Waals surface area contributed by atoms with Gasteiger partial charge in [-0.15, -0.1) is 0 Å². The standard InChI is InChI=1S/C28H31F3N4O7S/c1-43(39,40)35-25-10-6-5-9-24(25)34-27(38)33-20-13-11-19(12-14-20)15-21(17-36)32-16-23(42-26(37)28(29,30)31)18-41-22-7-3-2-4-8-22/h2-14,21,23,32,35-36H,15-18H2,1H3,(H2,33,34,38)/t21-,23-/m0/s1. The van der Waals surface area contributed by atoms with Crippen molar-refractivity contribution >= 4 is 39.1 Å². The van der Waals surface area contributed by atoms with Crippen LogP contribution in [0.1, 0.15) is 5.56 Å². The quantitative estimate of drug-likeness (QED) is 0.170. The highest BCUT2D eigenvalue weighted by atomic mass is 32.2. The van der Waals surface area contributed by atoms with Crippen LogP contribution in [-0.2, 0) is 26.0 Å². The highest BCUT2D eigenvalue weighted by molar-refractivity contribution is 7.92. The van der Waals surface area contributed by atoms with Gasteiger partial charge in [-0.3, -0.25) is 4.72 Å². The number of benzene rings is 3. The van der Waals surface area contributed by atoms with Crippen molar-refractivity contribution in [3.05, 3.63) is 84.4 Å². The number of aliphatic hydroxyl groups excluding tert-OH is 1. The van der Waals surface area contributed by atoms with E-state index in [1.807, 2.05) is 0 Å². The zero-order chi connectivity index (χ0) is 31.5. The molecule has 3 aromatic rings. The Morgan fingerprint density at radius 1 is 0.907 bits per heavy atom. The molecule has 232 valence electrons. The van der Waals surface area contributed by atoms with Crippen molar-refractivity contribution < 1.29 is 45.8 Å². The Morgan fingerprint density at radius 3 is 2.14 bits per heavy atom. The number of alkyl halides is 3. The van der Waals surface area contributed by atoms with E-state index in [1.54, 1.807) is 66.7 Å². The maximum Gasteiger partial charge on any atom is 0.490 e. The number of para-hydroxylation sites is 3. The second kappa shape index (κ2) is 15.2. The average Bonchev–Trinajstić information content (AvgIpc) is 2.94. The van der Waals surface area contributed by atoms with Gasteiger partial charge in [-0.1, -0.05) is 42.5 Å². The zero-order valence-electron chi connectivity index (χ0n) is 22.9. The number of urea groups is 1. The Kier molecular flexibility index (Phi) is 11.7. The first kappa shape index (κ1) is 33.2. The number of esters is 1. The maximum atomic E-state index is 12.8. The zero-order valence-corrected chi connectivity index (χ0v) is 23.7. The van der Waals surface area contributed by atoms with Gasteiger partial charge in [0.05, 0.1) is 24.2 Å². The average molecular weight is 625 g/mol. The number of sulfonamides is 1. The van der Waals surface area contributed by atoms with E-state index in [2.05, 4.69) is 25.4 Å². The lowest BCUT2D eigenvalue weighted by Gasteiger charge is -2.23. The minimum absolute atomic E-state index is 0.195. The predicted octanol–water partition coefficient (Wildman–Crippen LogP) is 3.75. The minimum Gasteiger partial charge on any atom is -0.490 e. The number of ether oxygens (including phenoxy) is 2. The Balaban J connectivity index is 1.56. The van der Waals surface area contributed by atoms with Crippen LogP contribution in [0.25, 0.3) is 0 Å². The number of anilines is 3. The van der Waals surface area contributed by atoms with E-state index in [-0.39, 0.29) is 37.6 Å². The summed E-state index contributed by atoms with van der Waals surface area (Å²) in [6, 6.07) is 19.9. The number of carbonyl (C=O) groups is 2. The highest BCUT2D eigenvalue weighted by Crippen LogP contribution is 2.22. The van der Waals surface area contributed by atoms with Crippen molar-refractivity contribution in [2.24, 2.45) is 0 Å². The Hall–Kier alpha value is -4.34. The molecule has 0 aromatic heterocycles. The van der Waals surface area contributed by atoms with Crippen molar-refractivity contribution in [3.63, 3.8) is 0 Å². The van der Waals surface area contributed by atoms with Crippen LogP contribution >= 0.6 is 0 Å². The summed E-state index contributed by atoms with van der Waals surface area (Å²) in [7, 11) is -3.56. The molecule has 3 rings (SSSR count). The van der Waals surface area contributed by atoms with Crippen LogP contribution in [0.15, 0.2) is 78.9 Å². The fraction of sp³-hybridized carbons (Fsp3) is 0.286. The molecule has 2 amide bonds. The molecule has 5 N–H and O–H groups in total. The predicted molar refractivity (Wildman–Crippen MR) is 154 cm³/mol. The Morgan fingerprint density at radius 2 is 1.53 bits per heavy atom. The minimum atomic E-state index is -5.18. The van der Waals surface area contributed by atoms with Gasteiger partial charge in [-0.05, 0) is 48.4 Å². The first-order valence-electron chi connectivity index (χ1n) is 12.9. The lowest BCUT2D eigenvalue weighted by Crippen LogP contribution is -2.44. The van der Waals surface area contributed by atoms with Crippen LogP contribution < -0.4 is 25.4 Å². The lowest BCUT2D eigenvalue weighted by molar-refractivity contribution is -0.205.